The van der Waals surface area contributed by atoms with Crippen molar-refractivity contribution in [2.75, 3.05) is 12.0 Å². The minimum absolute atomic E-state index is 0.0704. The van der Waals surface area contributed by atoms with Gasteiger partial charge >= 0.3 is 5.97 Å². The summed E-state index contributed by atoms with van der Waals surface area (Å²) in [5.74, 6) is -1.09. The number of aromatic carboxylic acids is 1. The molecule has 17 heavy (non-hydrogen) atoms. The Labute approximate surface area is 106 Å². The molecule has 1 heterocycles. The highest BCUT2D eigenvalue weighted by molar-refractivity contribution is 7.98. The molecule has 0 amide bonds. The molecule has 0 saturated carbocycles. The number of nitrogen functional groups attached to an aromatic ring is 1. The number of thioether (sulfide) groups is 1. The van der Waals surface area contributed by atoms with Gasteiger partial charge in [-0.3, -0.25) is 0 Å². The van der Waals surface area contributed by atoms with Crippen molar-refractivity contribution < 1.29 is 9.90 Å². The molecule has 0 aliphatic rings. The Morgan fingerprint density at radius 2 is 2.06 bits per heavy atom. The molecule has 1 aromatic heterocycles. The SMILES string of the molecule is CSc1ccc(-c2nc(C(=O)O)c(N)s2)cc1. The van der Waals surface area contributed by atoms with Crippen LogP contribution in [0.4, 0.5) is 5.00 Å². The third-order valence-corrected chi connectivity index (χ3v) is 3.87. The number of nitrogens with two attached hydrogens (primary N) is 1. The van der Waals surface area contributed by atoms with Crippen LogP contribution >= 0.6 is 23.1 Å². The Balaban J connectivity index is 2.39. The van der Waals surface area contributed by atoms with Crippen LogP contribution in [0.1, 0.15) is 10.5 Å². The van der Waals surface area contributed by atoms with E-state index in [1.807, 2.05) is 30.5 Å². The molecule has 0 bridgehead atoms. The van der Waals surface area contributed by atoms with Crippen LogP contribution in [-0.4, -0.2) is 22.3 Å². The van der Waals surface area contributed by atoms with E-state index in [-0.39, 0.29) is 10.7 Å². The molecule has 0 spiro atoms. The van der Waals surface area contributed by atoms with Crippen molar-refractivity contribution in [2.24, 2.45) is 0 Å². The van der Waals surface area contributed by atoms with Crippen LogP contribution < -0.4 is 5.73 Å². The predicted molar refractivity (Wildman–Crippen MR) is 70.7 cm³/mol. The fourth-order valence-electron chi connectivity index (χ4n) is 1.34. The average Bonchev–Trinajstić information content (AvgIpc) is 2.71. The maximum absolute atomic E-state index is 10.8. The second-order valence-corrected chi connectivity index (χ2v) is 5.18. The minimum Gasteiger partial charge on any atom is -0.476 e. The van der Waals surface area contributed by atoms with E-state index in [4.69, 9.17) is 10.8 Å². The summed E-state index contributed by atoms with van der Waals surface area (Å²) in [6.45, 7) is 0. The zero-order valence-electron chi connectivity index (χ0n) is 9.01. The van der Waals surface area contributed by atoms with Gasteiger partial charge in [-0.15, -0.1) is 11.8 Å². The Morgan fingerprint density at radius 3 is 2.53 bits per heavy atom. The normalized spacial score (nSPS) is 10.4. The largest absolute Gasteiger partial charge is 0.476 e. The molecule has 0 radical (unpaired) electrons. The van der Waals surface area contributed by atoms with Gasteiger partial charge < -0.3 is 10.8 Å². The quantitative estimate of drug-likeness (QED) is 0.835. The number of aromatic nitrogens is 1. The highest BCUT2D eigenvalue weighted by Crippen LogP contribution is 2.30. The highest BCUT2D eigenvalue weighted by atomic mass is 32.2. The first kappa shape index (κ1) is 11.9. The summed E-state index contributed by atoms with van der Waals surface area (Å²) in [7, 11) is 0. The number of carbonyl (C=O) groups is 1. The molecule has 1 aromatic carbocycles. The third-order valence-electron chi connectivity index (χ3n) is 2.19. The first-order chi connectivity index (χ1) is 8.11. The van der Waals surface area contributed by atoms with E-state index in [1.54, 1.807) is 11.8 Å². The van der Waals surface area contributed by atoms with Gasteiger partial charge in [0.2, 0.25) is 0 Å². The molecule has 0 saturated heterocycles. The molecule has 2 aromatic rings. The zero-order valence-corrected chi connectivity index (χ0v) is 10.6. The lowest BCUT2D eigenvalue weighted by Crippen LogP contribution is -2.00. The molecule has 0 fully saturated rings. The highest BCUT2D eigenvalue weighted by Gasteiger charge is 2.15. The lowest BCUT2D eigenvalue weighted by Gasteiger charge is -1.98. The van der Waals surface area contributed by atoms with E-state index in [2.05, 4.69) is 4.98 Å². The number of carboxylic acid groups (broad SMARTS) is 1. The number of thiazole rings is 1. The third kappa shape index (κ3) is 2.42. The fourth-order valence-corrected chi connectivity index (χ4v) is 2.58. The van der Waals surface area contributed by atoms with Gasteiger partial charge in [-0.05, 0) is 18.4 Å². The Hall–Kier alpha value is -1.53. The van der Waals surface area contributed by atoms with Crippen molar-refractivity contribution in [3.8, 4) is 10.6 Å². The van der Waals surface area contributed by atoms with Crippen LogP contribution in [0, 0.1) is 0 Å². The summed E-state index contributed by atoms with van der Waals surface area (Å²) in [6.07, 6.45) is 2.00. The van der Waals surface area contributed by atoms with Crippen LogP contribution in [0.5, 0.6) is 0 Å². The van der Waals surface area contributed by atoms with Crippen LogP contribution in [0.15, 0.2) is 29.2 Å². The van der Waals surface area contributed by atoms with Crippen molar-refractivity contribution in [3.63, 3.8) is 0 Å². The van der Waals surface area contributed by atoms with Crippen molar-refractivity contribution in [1.82, 2.24) is 4.98 Å². The average molecular weight is 266 g/mol. The summed E-state index contributed by atoms with van der Waals surface area (Å²) in [5, 5.41) is 9.74. The van der Waals surface area contributed by atoms with Crippen LogP contribution in [0.2, 0.25) is 0 Å². The van der Waals surface area contributed by atoms with E-state index in [1.165, 1.54) is 11.3 Å². The topological polar surface area (TPSA) is 76.2 Å². The standard InChI is InChI=1S/C11H10N2O2S2/c1-16-7-4-2-6(3-5-7)10-13-8(11(14)15)9(12)17-10/h2-5H,12H2,1H3,(H,14,15). The van der Waals surface area contributed by atoms with Gasteiger partial charge in [0.05, 0.1) is 0 Å². The molecule has 6 heteroatoms. The molecular weight excluding hydrogens is 256 g/mol. The summed E-state index contributed by atoms with van der Waals surface area (Å²) < 4.78 is 0. The molecule has 0 unspecified atom stereocenters. The summed E-state index contributed by atoms with van der Waals surface area (Å²) in [4.78, 5) is 16.0. The van der Waals surface area contributed by atoms with Gasteiger partial charge in [0.15, 0.2) is 5.69 Å². The molecule has 2 rings (SSSR count). The predicted octanol–water partition coefficient (Wildman–Crippen LogP) is 2.81. The molecule has 4 nitrogen and oxygen atoms in total. The Kier molecular flexibility index (Phi) is 3.35. The second kappa shape index (κ2) is 4.77. The first-order valence-corrected chi connectivity index (χ1v) is 6.80. The van der Waals surface area contributed by atoms with Gasteiger partial charge in [-0.2, -0.15) is 0 Å². The van der Waals surface area contributed by atoms with E-state index < -0.39 is 5.97 Å². The van der Waals surface area contributed by atoms with Gasteiger partial charge in [0.25, 0.3) is 0 Å². The lowest BCUT2D eigenvalue weighted by molar-refractivity contribution is 0.0692. The maximum Gasteiger partial charge on any atom is 0.357 e. The number of rotatable bonds is 3. The van der Waals surface area contributed by atoms with E-state index >= 15 is 0 Å². The number of hydrogen-bond acceptors (Lipinski definition) is 5. The zero-order chi connectivity index (χ0) is 12.4. The van der Waals surface area contributed by atoms with Crippen molar-refractivity contribution >= 4 is 34.1 Å². The maximum atomic E-state index is 10.8. The summed E-state index contributed by atoms with van der Waals surface area (Å²) in [6, 6.07) is 7.77. The Morgan fingerprint density at radius 1 is 1.41 bits per heavy atom. The molecule has 3 N–H and O–H groups in total. The van der Waals surface area contributed by atoms with E-state index in [9.17, 15) is 4.79 Å². The van der Waals surface area contributed by atoms with Crippen LogP contribution in [0.3, 0.4) is 0 Å². The van der Waals surface area contributed by atoms with Crippen molar-refractivity contribution in [1.29, 1.82) is 0 Å². The van der Waals surface area contributed by atoms with Crippen LogP contribution in [-0.2, 0) is 0 Å². The molecule has 88 valence electrons. The number of benzene rings is 1. The monoisotopic (exact) mass is 266 g/mol. The number of anilines is 1. The summed E-state index contributed by atoms with van der Waals surface area (Å²) >= 11 is 2.84. The van der Waals surface area contributed by atoms with Gasteiger partial charge in [0, 0.05) is 10.5 Å². The molecular formula is C11H10N2O2S2. The molecule has 0 atom stereocenters. The molecule has 0 aliphatic carbocycles. The second-order valence-electron chi connectivity index (χ2n) is 3.27. The van der Waals surface area contributed by atoms with Crippen LogP contribution in [0.25, 0.3) is 10.6 Å². The molecule has 0 aliphatic heterocycles. The fraction of sp³-hybridized carbons (Fsp3) is 0.0909. The number of hydrogen-bond donors (Lipinski definition) is 2. The number of carboxylic acids is 1. The Bertz CT molecular complexity index is 549. The van der Waals surface area contributed by atoms with E-state index in [0.29, 0.717) is 5.01 Å². The van der Waals surface area contributed by atoms with Gasteiger partial charge in [-0.25, -0.2) is 9.78 Å². The van der Waals surface area contributed by atoms with E-state index in [0.717, 1.165) is 10.5 Å². The van der Waals surface area contributed by atoms with Gasteiger partial charge in [0.1, 0.15) is 10.0 Å². The van der Waals surface area contributed by atoms with Crippen molar-refractivity contribution in [3.05, 3.63) is 30.0 Å². The van der Waals surface area contributed by atoms with Gasteiger partial charge in [-0.1, -0.05) is 23.5 Å². The smallest absolute Gasteiger partial charge is 0.357 e. The van der Waals surface area contributed by atoms with Crippen molar-refractivity contribution in [2.45, 2.75) is 4.90 Å². The first-order valence-electron chi connectivity index (χ1n) is 4.76. The summed E-state index contributed by atoms with van der Waals surface area (Å²) in [5.41, 5.74) is 6.42. The minimum atomic E-state index is -1.09. The lowest BCUT2D eigenvalue weighted by atomic mass is 10.2. The number of nitrogens with zero attached hydrogens (tertiary/aromatic N) is 1.